The molecule has 4 aromatic rings. The summed E-state index contributed by atoms with van der Waals surface area (Å²) in [6.45, 7) is 1.65. The van der Waals surface area contributed by atoms with Crippen LogP contribution in [0.2, 0.25) is 0 Å². The maximum atomic E-state index is 13.2. The summed E-state index contributed by atoms with van der Waals surface area (Å²) in [6, 6.07) is 24.4. The zero-order valence-electron chi connectivity index (χ0n) is 18.5. The molecule has 2 N–H and O–H groups in total. The smallest absolute Gasteiger partial charge is 0.316 e. The first-order valence-corrected chi connectivity index (χ1v) is 12.2. The van der Waals surface area contributed by atoms with Gasteiger partial charge in [-0.15, -0.1) is 23.1 Å². The molecule has 1 heterocycles. The van der Waals surface area contributed by atoms with Crippen LogP contribution in [0.1, 0.15) is 17.4 Å². The van der Waals surface area contributed by atoms with E-state index < -0.39 is 11.2 Å². The number of thiazole rings is 1. The number of nitrogens with zero attached hydrogens (tertiary/aromatic N) is 1. The molecule has 0 bridgehead atoms. The Hall–Kier alpha value is -3.62. The summed E-state index contributed by atoms with van der Waals surface area (Å²) < 4.78 is 5.18. The Morgan fingerprint density at radius 2 is 1.65 bits per heavy atom. The van der Waals surface area contributed by atoms with Crippen LogP contribution in [0.25, 0.3) is 21.0 Å². The van der Waals surface area contributed by atoms with Crippen molar-refractivity contribution >= 4 is 40.7 Å². The number of benzene rings is 3. The number of ether oxygens (including phenoxy) is 1. The zero-order chi connectivity index (χ0) is 24.1. The van der Waals surface area contributed by atoms with Gasteiger partial charge in [-0.3, -0.25) is 9.59 Å². The predicted octanol–water partition coefficient (Wildman–Crippen LogP) is 6.30. The minimum atomic E-state index is -0.853. The van der Waals surface area contributed by atoms with Crippen LogP contribution in [-0.4, -0.2) is 34.3 Å². The molecule has 4 rings (SSSR count). The fourth-order valence-electron chi connectivity index (χ4n) is 3.18. The maximum Gasteiger partial charge on any atom is 0.316 e. The molecule has 0 aliphatic heterocycles. The number of aliphatic carboxylic acids is 1. The third-order valence-corrected chi connectivity index (χ3v) is 7.24. The number of aromatic nitrogens is 1. The molecule has 6 nitrogen and oxygen atoms in total. The standard InChI is InChI=1S/C26H22N2O4S2/c1-16(26(30)31)33-21-14-8-18(9-15-21)25-28-22(23(34-25)17-6-4-3-5-7-17)24(29)27-19-10-12-20(32-2)13-11-19/h3-16H,1-2H3,(H,27,29)(H,30,31). The second kappa shape index (κ2) is 10.5. The molecule has 1 aromatic heterocycles. The Kier molecular flexibility index (Phi) is 7.30. The van der Waals surface area contributed by atoms with Crippen LogP contribution in [0.3, 0.4) is 0 Å². The molecular formula is C26H22N2O4S2. The van der Waals surface area contributed by atoms with Crippen molar-refractivity contribution in [2.45, 2.75) is 17.1 Å². The van der Waals surface area contributed by atoms with Crippen LogP contribution in [-0.2, 0) is 4.79 Å². The van der Waals surface area contributed by atoms with Crippen LogP contribution in [0.15, 0.2) is 83.8 Å². The van der Waals surface area contributed by atoms with Gasteiger partial charge in [-0.05, 0) is 48.9 Å². The quantitative estimate of drug-likeness (QED) is 0.282. The lowest BCUT2D eigenvalue weighted by Crippen LogP contribution is -2.13. The molecule has 34 heavy (non-hydrogen) atoms. The van der Waals surface area contributed by atoms with Gasteiger partial charge in [0.1, 0.15) is 21.7 Å². The average molecular weight is 491 g/mol. The van der Waals surface area contributed by atoms with Crippen LogP contribution in [0.5, 0.6) is 5.75 Å². The topological polar surface area (TPSA) is 88.5 Å². The fraction of sp³-hybridized carbons (Fsp3) is 0.115. The summed E-state index contributed by atoms with van der Waals surface area (Å²) in [4.78, 5) is 30.6. The van der Waals surface area contributed by atoms with E-state index in [1.54, 1.807) is 38.3 Å². The first-order chi connectivity index (χ1) is 16.4. The second-order valence-corrected chi connectivity index (χ2v) is 9.78. The zero-order valence-corrected chi connectivity index (χ0v) is 20.2. The predicted molar refractivity (Wildman–Crippen MR) is 137 cm³/mol. The minimum absolute atomic E-state index is 0.297. The normalized spacial score (nSPS) is 11.6. The summed E-state index contributed by atoms with van der Waals surface area (Å²) in [5.41, 5.74) is 2.76. The van der Waals surface area contributed by atoms with E-state index in [-0.39, 0.29) is 5.91 Å². The molecular weight excluding hydrogens is 468 g/mol. The van der Waals surface area contributed by atoms with E-state index >= 15 is 0 Å². The lowest BCUT2D eigenvalue weighted by atomic mass is 10.1. The highest BCUT2D eigenvalue weighted by atomic mass is 32.2. The van der Waals surface area contributed by atoms with Crippen molar-refractivity contribution in [3.05, 3.63) is 84.6 Å². The third kappa shape index (κ3) is 5.47. The molecule has 1 amide bonds. The highest BCUT2D eigenvalue weighted by Crippen LogP contribution is 2.37. The monoisotopic (exact) mass is 490 g/mol. The molecule has 0 aliphatic carbocycles. The molecule has 0 fully saturated rings. The van der Waals surface area contributed by atoms with E-state index in [1.165, 1.54) is 23.1 Å². The second-order valence-electron chi connectivity index (χ2n) is 7.37. The summed E-state index contributed by atoms with van der Waals surface area (Å²) in [5.74, 6) is -0.443. The van der Waals surface area contributed by atoms with Crippen LogP contribution >= 0.6 is 23.1 Å². The van der Waals surface area contributed by atoms with Gasteiger partial charge in [0.05, 0.1) is 12.0 Å². The molecule has 1 unspecified atom stereocenters. The molecule has 0 saturated heterocycles. The summed E-state index contributed by atoms with van der Waals surface area (Å²) in [5, 5.41) is 12.2. The van der Waals surface area contributed by atoms with Crippen molar-refractivity contribution in [1.82, 2.24) is 4.98 Å². The molecule has 8 heteroatoms. The third-order valence-electron chi connectivity index (χ3n) is 4.99. The molecule has 0 saturated carbocycles. The molecule has 1 atom stereocenters. The summed E-state index contributed by atoms with van der Waals surface area (Å²) in [6.07, 6.45) is 0. The molecule has 0 radical (unpaired) electrons. The van der Waals surface area contributed by atoms with Gasteiger partial charge in [0, 0.05) is 16.1 Å². The Labute approximate surface area is 205 Å². The summed E-state index contributed by atoms with van der Waals surface area (Å²) in [7, 11) is 1.59. The summed E-state index contributed by atoms with van der Waals surface area (Å²) >= 11 is 2.72. The van der Waals surface area contributed by atoms with Gasteiger partial charge in [-0.1, -0.05) is 42.5 Å². The Balaban J connectivity index is 1.64. The van der Waals surface area contributed by atoms with E-state index in [1.807, 2.05) is 54.6 Å². The van der Waals surface area contributed by atoms with Gasteiger partial charge in [-0.2, -0.15) is 0 Å². The van der Waals surface area contributed by atoms with Crippen molar-refractivity contribution in [2.75, 3.05) is 12.4 Å². The number of anilines is 1. The highest BCUT2D eigenvalue weighted by Gasteiger charge is 2.21. The number of carbonyl (C=O) groups is 2. The van der Waals surface area contributed by atoms with Gasteiger partial charge < -0.3 is 15.2 Å². The van der Waals surface area contributed by atoms with E-state index in [9.17, 15) is 9.59 Å². The van der Waals surface area contributed by atoms with Gasteiger partial charge in [0.25, 0.3) is 5.91 Å². The van der Waals surface area contributed by atoms with Crippen LogP contribution < -0.4 is 10.1 Å². The number of thioether (sulfide) groups is 1. The number of nitrogens with one attached hydrogen (secondary N) is 1. The van der Waals surface area contributed by atoms with Crippen LogP contribution in [0, 0.1) is 0 Å². The van der Waals surface area contributed by atoms with Crippen molar-refractivity contribution in [3.63, 3.8) is 0 Å². The Morgan fingerprint density at radius 1 is 0.971 bits per heavy atom. The van der Waals surface area contributed by atoms with Crippen molar-refractivity contribution in [2.24, 2.45) is 0 Å². The van der Waals surface area contributed by atoms with Gasteiger partial charge >= 0.3 is 5.97 Å². The lowest BCUT2D eigenvalue weighted by Gasteiger charge is -2.06. The number of hydrogen-bond acceptors (Lipinski definition) is 6. The Morgan fingerprint density at radius 3 is 2.26 bits per heavy atom. The largest absolute Gasteiger partial charge is 0.497 e. The van der Waals surface area contributed by atoms with Gasteiger partial charge in [-0.25, -0.2) is 4.98 Å². The SMILES string of the molecule is COc1ccc(NC(=O)c2nc(-c3ccc(SC(C)C(=O)O)cc3)sc2-c2ccccc2)cc1. The molecule has 172 valence electrons. The number of hydrogen-bond donors (Lipinski definition) is 2. The number of rotatable bonds is 8. The fourth-order valence-corrected chi connectivity index (χ4v) is 5.05. The highest BCUT2D eigenvalue weighted by molar-refractivity contribution is 8.00. The average Bonchev–Trinajstić information content (AvgIpc) is 3.31. The first kappa shape index (κ1) is 23.5. The number of methoxy groups -OCH3 is 1. The first-order valence-electron chi connectivity index (χ1n) is 10.5. The van der Waals surface area contributed by atoms with E-state index in [0.717, 1.165) is 20.9 Å². The Bertz CT molecular complexity index is 1290. The van der Waals surface area contributed by atoms with Gasteiger partial charge in [0.15, 0.2) is 0 Å². The van der Waals surface area contributed by atoms with E-state index in [2.05, 4.69) is 10.3 Å². The number of carboxylic acids is 1. The van der Waals surface area contributed by atoms with Crippen molar-refractivity contribution in [3.8, 4) is 26.8 Å². The molecule has 0 spiro atoms. The number of amides is 1. The van der Waals surface area contributed by atoms with E-state index in [0.29, 0.717) is 22.1 Å². The lowest BCUT2D eigenvalue weighted by molar-refractivity contribution is -0.136. The van der Waals surface area contributed by atoms with Gasteiger partial charge in [0.2, 0.25) is 0 Å². The number of carbonyl (C=O) groups excluding carboxylic acids is 1. The number of carboxylic acid groups (broad SMARTS) is 1. The minimum Gasteiger partial charge on any atom is -0.497 e. The van der Waals surface area contributed by atoms with Crippen molar-refractivity contribution < 1.29 is 19.4 Å². The van der Waals surface area contributed by atoms with Crippen molar-refractivity contribution in [1.29, 1.82) is 0 Å². The molecule has 0 aliphatic rings. The van der Waals surface area contributed by atoms with E-state index in [4.69, 9.17) is 9.84 Å². The maximum absolute atomic E-state index is 13.2. The van der Waals surface area contributed by atoms with Crippen LogP contribution in [0.4, 0.5) is 5.69 Å². The molecule has 3 aromatic carbocycles.